The van der Waals surface area contributed by atoms with Crippen LogP contribution in [0.2, 0.25) is 0 Å². The van der Waals surface area contributed by atoms with Gasteiger partial charge in [-0.05, 0) is 43.2 Å². The largest absolute Gasteiger partial charge is 0.481 e. The number of thiazole rings is 1. The van der Waals surface area contributed by atoms with E-state index in [1.54, 1.807) is 18.5 Å². The smallest absolute Gasteiger partial charge is 0.261 e. The van der Waals surface area contributed by atoms with Crippen LogP contribution < -0.4 is 15.4 Å². The summed E-state index contributed by atoms with van der Waals surface area (Å²) in [6.45, 7) is 3.97. The summed E-state index contributed by atoms with van der Waals surface area (Å²) in [5, 5.41) is 17.0. The van der Waals surface area contributed by atoms with Crippen LogP contribution in [0.5, 0.6) is 5.75 Å². The van der Waals surface area contributed by atoms with Crippen LogP contribution in [0.25, 0.3) is 11.3 Å². The summed E-state index contributed by atoms with van der Waals surface area (Å²) < 4.78 is 8.48. The fourth-order valence-electron chi connectivity index (χ4n) is 3.37. The zero-order chi connectivity index (χ0) is 27.1. The summed E-state index contributed by atoms with van der Waals surface area (Å²) in [7, 11) is 1.79. The van der Waals surface area contributed by atoms with E-state index in [4.69, 9.17) is 4.74 Å². The average molecular weight is 616 g/mol. The Hall–Kier alpha value is -3.22. The molecule has 2 aromatic heterocycles. The maximum absolute atomic E-state index is 12.5. The fraction of sp³-hybridized carbons (Fsp3) is 0.269. The van der Waals surface area contributed by atoms with Crippen molar-refractivity contribution < 1.29 is 14.3 Å². The molecule has 0 fully saturated rings. The van der Waals surface area contributed by atoms with Gasteiger partial charge in [0.2, 0.25) is 5.91 Å². The van der Waals surface area contributed by atoms with E-state index < -0.39 is 6.10 Å². The minimum atomic E-state index is -0.664. The number of hydrogen-bond acceptors (Lipinski definition) is 8. The Morgan fingerprint density at radius 3 is 2.58 bits per heavy atom. The molecule has 2 amide bonds. The molecule has 4 aromatic rings. The first-order valence-corrected chi connectivity index (χ1v) is 14.5. The number of carbonyl (C=O) groups is 2. The zero-order valence-corrected chi connectivity index (χ0v) is 24.3. The van der Waals surface area contributed by atoms with Crippen molar-refractivity contribution in [3.8, 4) is 17.0 Å². The average Bonchev–Trinajstić information content (AvgIpc) is 3.53. The third-order valence-corrected chi connectivity index (χ3v) is 7.89. The minimum Gasteiger partial charge on any atom is -0.481 e. The van der Waals surface area contributed by atoms with Crippen LogP contribution in [0.3, 0.4) is 0 Å². The molecule has 4 rings (SSSR count). The number of thioether (sulfide) groups is 1. The van der Waals surface area contributed by atoms with Crippen LogP contribution in [0, 0.1) is 0 Å². The number of aryl methyl sites for hydroxylation is 1. The molecule has 2 aromatic carbocycles. The molecule has 0 aliphatic rings. The van der Waals surface area contributed by atoms with Crippen molar-refractivity contribution in [1.29, 1.82) is 0 Å². The molecule has 1 atom stereocenters. The van der Waals surface area contributed by atoms with E-state index in [0.29, 0.717) is 21.9 Å². The van der Waals surface area contributed by atoms with Crippen molar-refractivity contribution in [2.24, 2.45) is 7.05 Å². The van der Waals surface area contributed by atoms with Crippen LogP contribution in [-0.4, -0.2) is 43.4 Å². The van der Waals surface area contributed by atoms with Crippen LogP contribution >= 0.6 is 39.0 Å². The molecule has 0 aliphatic carbocycles. The molecular weight excluding hydrogens is 588 g/mol. The molecule has 2 N–H and O–H groups in total. The van der Waals surface area contributed by atoms with Crippen molar-refractivity contribution in [3.05, 3.63) is 69.8 Å². The van der Waals surface area contributed by atoms with E-state index in [0.717, 1.165) is 22.2 Å². The predicted molar refractivity (Wildman–Crippen MR) is 153 cm³/mol. The van der Waals surface area contributed by atoms with Crippen molar-refractivity contribution >= 4 is 56.0 Å². The van der Waals surface area contributed by atoms with Gasteiger partial charge in [-0.15, -0.1) is 21.5 Å². The minimum absolute atomic E-state index is 0.146. The highest BCUT2D eigenvalue weighted by atomic mass is 79.9. The highest BCUT2D eigenvalue weighted by Gasteiger charge is 2.17. The fourth-order valence-corrected chi connectivity index (χ4v) is 5.10. The number of aromatic nitrogens is 4. The number of benzene rings is 2. The van der Waals surface area contributed by atoms with E-state index in [-0.39, 0.29) is 24.1 Å². The highest BCUT2D eigenvalue weighted by molar-refractivity contribution is 9.10. The first-order valence-electron chi connectivity index (χ1n) is 11.9. The van der Waals surface area contributed by atoms with Crippen molar-refractivity contribution in [1.82, 2.24) is 25.1 Å². The number of hydrogen-bond donors (Lipinski definition) is 2. The predicted octanol–water partition coefficient (Wildman–Crippen LogP) is 5.08. The van der Waals surface area contributed by atoms with E-state index in [1.807, 2.05) is 53.9 Å². The highest BCUT2D eigenvalue weighted by Crippen LogP contribution is 2.26. The topological polar surface area (TPSA) is 111 Å². The number of rotatable bonds is 11. The normalized spacial score (nSPS) is 11.7. The lowest BCUT2D eigenvalue weighted by Crippen LogP contribution is -2.36. The molecular formula is C26H27BrN6O3S2. The summed E-state index contributed by atoms with van der Waals surface area (Å²) in [6.07, 6.45) is 0.280. The first kappa shape index (κ1) is 27.8. The van der Waals surface area contributed by atoms with E-state index in [9.17, 15) is 9.59 Å². The molecule has 0 spiro atoms. The van der Waals surface area contributed by atoms with E-state index in [2.05, 4.69) is 48.7 Å². The molecule has 198 valence electrons. The summed E-state index contributed by atoms with van der Waals surface area (Å²) in [4.78, 5) is 29.5. The third kappa shape index (κ3) is 7.42. The number of nitrogens with one attached hydrogen (secondary N) is 2. The second-order valence-electron chi connectivity index (χ2n) is 8.31. The van der Waals surface area contributed by atoms with Gasteiger partial charge in [-0.2, -0.15) is 0 Å². The summed E-state index contributed by atoms with van der Waals surface area (Å²) in [5.41, 5.74) is 2.99. The van der Waals surface area contributed by atoms with Gasteiger partial charge in [-0.3, -0.25) is 9.59 Å². The van der Waals surface area contributed by atoms with Gasteiger partial charge in [0.1, 0.15) is 5.75 Å². The van der Waals surface area contributed by atoms with Crippen LogP contribution in [0.15, 0.2) is 63.5 Å². The monoisotopic (exact) mass is 614 g/mol. The van der Waals surface area contributed by atoms with Gasteiger partial charge >= 0.3 is 0 Å². The Balaban J connectivity index is 1.23. The summed E-state index contributed by atoms with van der Waals surface area (Å²) in [5.74, 6) is 0.907. The van der Waals surface area contributed by atoms with Gasteiger partial charge in [0.25, 0.3) is 5.91 Å². The van der Waals surface area contributed by atoms with Crippen LogP contribution in [0.4, 0.5) is 5.13 Å². The van der Waals surface area contributed by atoms with Crippen LogP contribution in [0.1, 0.15) is 25.2 Å². The Labute approximate surface area is 237 Å². The number of nitrogens with zero attached hydrogens (tertiary/aromatic N) is 4. The van der Waals surface area contributed by atoms with Gasteiger partial charge < -0.3 is 19.9 Å². The van der Waals surface area contributed by atoms with Gasteiger partial charge in [0.15, 0.2) is 22.2 Å². The van der Waals surface area contributed by atoms with Gasteiger partial charge in [0, 0.05) is 22.5 Å². The Bertz CT molecular complexity index is 1390. The lowest BCUT2D eigenvalue weighted by atomic mass is 10.2. The Morgan fingerprint density at radius 2 is 1.87 bits per heavy atom. The van der Waals surface area contributed by atoms with Crippen molar-refractivity contribution in [2.45, 2.75) is 38.1 Å². The Kier molecular flexibility index (Phi) is 9.53. The van der Waals surface area contributed by atoms with Gasteiger partial charge in [-0.1, -0.05) is 58.9 Å². The lowest BCUT2D eigenvalue weighted by Gasteiger charge is -2.15. The Morgan fingerprint density at radius 1 is 1.13 bits per heavy atom. The van der Waals surface area contributed by atoms with E-state index in [1.165, 1.54) is 28.7 Å². The maximum atomic E-state index is 12.5. The number of carbonyl (C=O) groups excluding carboxylic acids is 2. The molecule has 9 nitrogen and oxygen atoms in total. The summed E-state index contributed by atoms with van der Waals surface area (Å²) >= 11 is 6.05. The number of amides is 2. The molecule has 0 saturated carbocycles. The first-order chi connectivity index (χ1) is 18.3. The lowest BCUT2D eigenvalue weighted by molar-refractivity contribution is -0.127. The molecule has 0 bridgehead atoms. The molecule has 0 saturated heterocycles. The third-order valence-electron chi connectivity index (χ3n) is 5.58. The standard InChI is InChI=1S/C26H27BrN6O3S2/c1-4-17-5-11-20(12-6-17)36-16(2)24(35)28-13-22-31-32-26(33(22)3)38-15-23(34)30-25-29-21(14-37-25)18-7-9-19(27)10-8-18/h5-12,14,16H,4,13,15H2,1-3H3,(H,28,35)(H,29,30,34). The van der Waals surface area contributed by atoms with Gasteiger partial charge in [0.05, 0.1) is 18.0 Å². The molecule has 0 radical (unpaired) electrons. The molecule has 0 aliphatic heterocycles. The molecule has 12 heteroatoms. The van der Waals surface area contributed by atoms with Crippen molar-refractivity contribution in [3.63, 3.8) is 0 Å². The summed E-state index contributed by atoms with van der Waals surface area (Å²) in [6, 6.07) is 15.5. The van der Waals surface area contributed by atoms with Gasteiger partial charge in [-0.25, -0.2) is 4.98 Å². The van der Waals surface area contributed by atoms with E-state index >= 15 is 0 Å². The number of anilines is 1. The molecule has 2 heterocycles. The van der Waals surface area contributed by atoms with Crippen molar-refractivity contribution in [2.75, 3.05) is 11.1 Å². The SMILES string of the molecule is CCc1ccc(OC(C)C(=O)NCc2nnc(SCC(=O)Nc3nc(-c4ccc(Br)cc4)cs3)n2C)cc1. The number of ether oxygens (including phenoxy) is 1. The molecule has 38 heavy (non-hydrogen) atoms. The number of halogens is 1. The maximum Gasteiger partial charge on any atom is 0.261 e. The zero-order valence-electron chi connectivity index (χ0n) is 21.1. The molecule has 1 unspecified atom stereocenters. The second-order valence-corrected chi connectivity index (χ2v) is 11.0. The quantitative estimate of drug-likeness (QED) is 0.227. The second kappa shape index (κ2) is 13.0. The van der Waals surface area contributed by atoms with Crippen LogP contribution in [-0.2, 0) is 29.6 Å².